The van der Waals surface area contributed by atoms with Crippen LogP contribution < -0.4 is 4.31 Å². The number of benzene rings is 2. The Hall–Kier alpha value is -3.59. The lowest BCUT2D eigenvalue weighted by Gasteiger charge is -2.24. The van der Waals surface area contributed by atoms with Gasteiger partial charge in [0.2, 0.25) is 0 Å². The molecule has 0 fully saturated rings. The number of sulfonamides is 1. The van der Waals surface area contributed by atoms with Crippen LogP contribution >= 0.6 is 0 Å². The van der Waals surface area contributed by atoms with Crippen LogP contribution in [0.5, 0.6) is 0 Å². The van der Waals surface area contributed by atoms with Gasteiger partial charge in [-0.25, -0.2) is 13.2 Å². The highest BCUT2D eigenvalue weighted by atomic mass is 32.2. The first-order valence-corrected chi connectivity index (χ1v) is 11.3. The molecule has 0 saturated heterocycles. The number of carboxylic acid groups (broad SMARTS) is 1. The van der Waals surface area contributed by atoms with Crippen molar-refractivity contribution in [3.05, 3.63) is 83.7 Å². The lowest BCUT2D eigenvalue weighted by atomic mass is 10.1. The Morgan fingerprint density at radius 2 is 1.62 bits per heavy atom. The molecule has 3 aromatic rings. The van der Waals surface area contributed by atoms with Gasteiger partial charge < -0.3 is 14.6 Å². The molecule has 0 saturated carbocycles. The smallest absolute Gasteiger partial charge is 0.352 e. The summed E-state index contributed by atoms with van der Waals surface area (Å²) in [5, 5.41) is 9.23. The van der Waals surface area contributed by atoms with Gasteiger partial charge in [0.25, 0.3) is 15.9 Å². The molecule has 9 heteroatoms. The Bertz CT molecular complexity index is 1240. The number of carbonyl (C=O) groups is 2. The fraction of sp³-hybridized carbons (Fsp3) is 0.217. The van der Waals surface area contributed by atoms with Crippen molar-refractivity contribution in [3.63, 3.8) is 0 Å². The third kappa shape index (κ3) is 4.67. The lowest BCUT2D eigenvalue weighted by Crippen LogP contribution is -2.32. The number of likely N-dealkylation sites (N-methyl/N-ethyl adjacent to an activating group) is 1. The zero-order valence-corrected chi connectivity index (χ0v) is 18.9. The van der Waals surface area contributed by atoms with Crippen LogP contribution in [-0.4, -0.2) is 55.5 Å². The molecule has 1 N–H and O–H groups in total. The molecule has 1 amide bonds. The van der Waals surface area contributed by atoms with Crippen LogP contribution in [0, 0.1) is 0 Å². The van der Waals surface area contributed by atoms with E-state index in [0.29, 0.717) is 13.0 Å². The number of rotatable bonds is 8. The fourth-order valence-corrected chi connectivity index (χ4v) is 4.64. The van der Waals surface area contributed by atoms with E-state index in [1.807, 2.05) is 30.3 Å². The van der Waals surface area contributed by atoms with Crippen LogP contribution in [0.1, 0.15) is 26.4 Å². The van der Waals surface area contributed by atoms with Crippen LogP contribution in [0.15, 0.2) is 71.8 Å². The number of anilines is 1. The molecule has 0 radical (unpaired) electrons. The second-order valence-electron chi connectivity index (χ2n) is 7.43. The Kier molecular flexibility index (Phi) is 6.69. The topological polar surface area (TPSA) is 99.9 Å². The molecule has 0 aliphatic heterocycles. The van der Waals surface area contributed by atoms with Crippen LogP contribution in [0.3, 0.4) is 0 Å². The summed E-state index contributed by atoms with van der Waals surface area (Å²) in [5.41, 5.74) is 1.40. The quantitative estimate of drug-likeness (QED) is 0.563. The first kappa shape index (κ1) is 23.1. The van der Waals surface area contributed by atoms with Gasteiger partial charge in [-0.1, -0.05) is 42.5 Å². The molecule has 0 atom stereocenters. The molecule has 168 valence electrons. The predicted octanol–water partition coefficient (Wildman–Crippen LogP) is 2.86. The first-order valence-electron chi connectivity index (χ1n) is 9.90. The minimum atomic E-state index is -4.09. The molecule has 2 aromatic carbocycles. The highest BCUT2D eigenvalue weighted by Gasteiger charge is 2.28. The molecule has 1 aromatic heterocycles. The number of aromatic carboxylic acids is 1. The van der Waals surface area contributed by atoms with Crippen molar-refractivity contribution in [2.75, 3.05) is 24.9 Å². The van der Waals surface area contributed by atoms with Crippen molar-refractivity contribution in [2.24, 2.45) is 7.05 Å². The normalized spacial score (nSPS) is 11.2. The van der Waals surface area contributed by atoms with E-state index >= 15 is 0 Å². The maximum atomic E-state index is 13.2. The minimum Gasteiger partial charge on any atom is -0.477 e. The molecular weight excluding hydrogens is 430 g/mol. The van der Waals surface area contributed by atoms with E-state index < -0.39 is 16.0 Å². The molecule has 32 heavy (non-hydrogen) atoms. The van der Waals surface area contributed by atoms with Gasteiger partial charge in [0.1, 0.15) is 10.6 Å². The third-order valence-corrected chi connectivity index (χ3v) is 6.99. The van der Waals surface area contributed by atoms with Gasteiger partial charge >= 0.3 is 5.97 Å². The van der Waals surface area contributed by atoms with Crippen molar-refractivity contribution in [1.29, 1.82) is 0 Å². The zero-order valence-electron chi connectivity index (χ0n) is 18.1. The Morgan fingerprint density at radius 3 is 2.25 bits per heavy atom. The maximum absolute atomic E-state index is 13.2. The molecule has 3 rings (SSSR count). The van der Waals surface area contributed by atoms with Gasteiger partial charge in [-0.15, -0.1) is 0 Å². The van der Waals surface area contributed by atoms with E-state index in [0.717, 1.165) is 15.9 Å². The number of para-hydroxylation sites is 1. The number of amides is 1. The highest BCUT2D eigenvalue weighted by molar-refractivity contribution is 7.92. The third-order valence-electron chi connectivity index (χ3n) is 5.26. The SMILES string of the molecule is CN(CCc1ccccc1)C(=O)c1ccccc1N(C)S(=O)(=O)c1cc(C(=O)O)n(C)c1. The van der Waals surface area contributed by atoms with Crippen molar-refractivity contribution in [2.45, 2.75) is 11.3 Å². The Morgan fingerprint density at radius 1 is 1.00 bits per heavy atom. The van der Waals surface area contributed by atoms with Crippen LogP contribution in [0.2, 0.25) is 0 Å². The van der Waals surface area contributed by atoms with Gasteiger partial charge in [-0.05, 0) is 30.2 Å². The summed E-state index contributed by atoms with van der Waals surface area (Å²) in [6, 6.07) is 17.3. The Labute approximate surface area is 187 Å². The number of aromatic nitrogens is 1. The summed E-state index contributed by atoms with van der Waals surface area (Å²) in [5.74, 6) is -1.54. The van der Waals surface area contributed by atoms with E-state index in [9.17, 15) is 23.1 Å². The van der Waals surface area contributed by atoms with Crippen molar-refractivity contribution >= 4 is 27.6 Å². The maximum Gasteiger partial charge on any atom is 0.352 e. The second-order valence-corrected chi connectivity index (χ2v) is 9.40. The van der Waals surface area contributed by atoms with Gasteiger partial charge in [-0.2, -0.15) is 0 Å². The zero-order chi connectivity index (χ0) is 23.5. The molecular formula is C23H25N3O5S. The number of carbonyl (C=O) groups excluding carboxylic acids is 1. The van der Waals surface area contributed by atoms with E-state index in [1.54, 1.807) is 36.2 Å². The lowest BCUT2D eigenvalue weighted by molar-refractivity contribution is 0.0686. The van der Waals surface area contributed by atoms with Crippen molar-refractivity contribution in [3.8, 4) is 0 Å². The van der Waals surface area contributed by atoms with Crippen molar-refractivity contribution in [1.82, 2.24) is 9.47 Å². The highest BCUT2D eigenvalue weighted by Crippen LogP contribution is 2.27. The van der Waals surface area contributed by atoms with E-state index in [1.165, 1.54) is 24.9 Å². The molecule has 0 aliphatic rings. The number of hydrogen-bond donors (Lipinski definition) is 1. The van der Waals surface area contributed by atoms with Gasteiger partial charge in [0.05, 0.1) is 11.3 Å². The molecule has 8 nitrogen and oxygen atoms in total. The van der Waals surface area contributed by atoms with Gasteiger partial charge in [-0.3, -0.25) is 9.10 Å². The monoisotopic (exact) mass is 455 g/mol. The predicted molar refractivity (Wildman–Crippen MR) is 122 cm³/mol. The first-order chi connectivity index (χ1) is 15.1. The van der Waals surface area contributed by atoms with E-state index in [4.69, 9.17) is 0 Å². The molecule has 0 spiro atoms. The average molecular weight is 456 g/mol. The minimum absolute atomic E-state index is 0.151. The fourth-order valence-electron chi connectivity index (χ4n) is 3.35. The number of carboxylic acids is 1. The van der Waals surface area contributed by atoms with Crippen molar-refractivity contribution < 1.29 is 23.1 Å². The summed E-state index contributed by atoms with van der Waals surface area (Å²) < 4.78 is 28.6. The summed E-state index contributed by atoms with van der Waals surface area (Å²) in [4.78, 5) is 25.8. The number of nitrogens with zero attached hydrogens (tertiary/aromatic N) is 3. The second kappa shape index (κ2) is 9.27. The summed E-state index contributed by atoms with van der Waals surface area (Å²) in [7, 11) is 0.394. The number of aryl methyl sites for hydroxylation is 1. The van der Waals surface area contributed by atoms with Crippen LogP contribution in [-0.2, 0) is 23.5 Å². The van der Waals surface area contributed by atoms with Crippen LogP contribution in [0.25, 0.3) is 0 Å². The van der Waals surface area contributed by atoms with E-state index in [2.05, 4.69) is 0 Å². The van der Waals surface area contributed by atoms with Gasteiger partial charge in [0, 0.05) is 33.9 Å². The summed E-state index contributed by atoms with van der Waals surface area (Å²) in [6.45, 7) is 0.467. The molecule has 0 unspecified atom stereocenters. The number of hydrogen-bond acceptors (Lipinski definition) is 4. The Balaban J connectivity index is 1.87. The molecule has 0 bridgehead atoms. The summed E-state index contributed by atoms with van der Waals surface area (Å²) in [6.07, 6.45) is 1.91. The standard InChI is InChI=1S/C23H25N3O5S/c1-24(14-13-17-9-5-4-6-10-17)22(27)19-11-7-8-12-20(19)26(3)32(30,31)18-15-21(23(28)29)25(2)16-18/h4-12,15-16H,13-14H2,1-3H3,(H,28,29). The van der Waals surface area contributed by atoms with Crippen LogP contribution in [0.4, 0.5) is 5.69 Å². The molecule has 1 heterocycles. The average Bonchev–Trinajstić information content (AvgIpc) is 3.20. The largest absolute Gasteiger partial charge is 0.477 e. The summed E-state index contributed by atoms with van der Waals surface area (Å²) >= 11 is 0. The van der Waals surface area contributed by atoms with E-state index in [-0.39, 0.29) is 27.7 Å². The van der Waals surface area contributed by atoms with Gasteiger partial charge in [0.15, 0.2) is 0 Å². The molecule has 0 aliphatic carbocycles.